The van der Waals surface area contributed by atoms with Gasteiger partial charge in [-0.2, -0.15) is 0 Å². The first-order valence-corrected chi connectivity index (χ1v) is 37.0. The van der Waals surface area contributed by atoms with Gasteiger partial charge in [0, 0.05) is 12.8 Å². The Bertz CT molecular complexity index is 1950. The van der Waals surface area contributed by atoms with E-state index in [0.717, 1.165) is 135 Å². The summed E-state index contributed by atoms with van der Waals surface area (Å²) in [6, 6.07) is -0.866. The second-order valence-corrected chi connectivity index (χ2v) is 26.1. The van der Waals surface area contributed by atoms with Crippen LogP contribution in [0.5, 0.6) is 0 Å². The highest BCUT2D eigenvalue weighted by Gasteiger charge is 2.30. The van der Waals surface area contributed by atoms with Gasteiger partial charge < -0.3 is 19.4 Å². The van der Waals surface area contributed by atoms with E-state index in [1.807, 2.05) is 33.3 Å². The zero-order valence-corrected chi connectivity index (χ0v) is 57.9. The molecule has 0 aliphatic heterocycles. The van der Waals surface area contributed by atoms with Crippen LogP contribution in [-0.4, -0.2) is 74.3 Å². The summed E-state index contributed by atoms with van der Waals surface area (Å²) >= 11 is 0. The molecule has 0 aromatic rings. The molecule has 0 aromatic carbocycles. The van der Waals surface area contributed by atoms with Crippen LogP contribution in [-0.2, 0) is 27.9 Å². The molecule has 87 heavy (non-hydrogen) atoms. The van der Waals surface area contributed by atoms with Crippen molar-refractivity contribution in [3.8, 4) is 0 Å². The second-order valence-electron chi connectivity index (χ2n) is 24.6. The number of unbranched alkanes of at least 4 members (excludes halogenated alkanes) is 27. The van der Waals surface area contributed by atoms with E-state index in [-0.39, 0.29) is 31.5 Å². The monoisotopic (exact) mass is 1230 g/mol. The Morgan fingerprint density at radius 3 is 1.10 bits per heavy atom. The van der Waals surface area contributed by atoms with Crippen molar-refractivity contribution in [3.05, 3.63) is 134 Å². The molecule has 0 bridgehead atoms. The Morgan fingerprint density at radius 1 is 0.414 bits per heavy atom. The van der Waals surface area contributed by atoms with E-state index in [1.54, 1.807) is 0 Å². The summed E-state index contributed by atoms with van der Waals surface area (Å²) in [7, 11) is 1.47. The highest BCUT2D eigenvalue weighted by Crippen LogP contribution is 2.43. The quantitative estimate of drug-likeness (QED) is 0.0205. The van der Waals surface area contributed by atoms with Crippen molar-refractivity contribution in [1.29, 1.82) is 0 Å². The van der Waals surface area contributed by atoms with Crippen molar-refractivity contribution in [1.82, 2.24) is 5.32 Å². The molecule has 0 saturated heterocycles. The molecule has 3 atom stereocenters. The minimum Gasteiger partial charge on any atom is -0.456 e. The third-order valence-corrected chi connectivity index (χ3v) is 16.1. The zero-order valence-electron chi connectivity index (χ0n) is 57.0. The van der Waals surface area contributed by atoms with Crippen LogP contribution in [0.2, 0.25) is 0 Å². The smallest absolute Gasteiger partial charge is 0.456 e. The molecule has 2 N–H and O–H groups in total. The van der Waals surface area contributed by atoms with Crippen molar-refractivity contribution >= 4 is 19.7 Å². The number of nitrogens with one attached hydrogen (secondary N) is 1. The number of hydrogen-bond acceptors (Lipinski definition) is 6. The van der Waals surface area contributed by atoms with Crippen LogP contribution in [0.1, 0.15) is 290 Å². The van der Waals surface area contributed by atoms with Gasteiger partial charge in [-0.1, -0.05) is 290 Å². The van der Waals surface area contributed by atoms with Gasteiger partial charge >= 0.3 is 13.8 Å². The molecule has 0 aromatic heterocycles. The van der Waals surface area contributed by atoms with Gasteiger partial charge in [0.1, 0.15) is 19.3 Å². The highest BCUT2D eigenvalue weighted by molar-refractivity contribution is 7.47. The lowest BCUT2D eigenvalue weighted by Crippen LogP contribution is -2.47. The molecule has 0 rings (SSSR count). The van der Waals surface area contributed by atoms with Gasteiger partial charge in [-0.05, 0) is 122 Å². The number of likely N-dealkylation sites (N-methyl/N-ethyl adjacent to an activating group) is 1. The van der Waals surface area contributed by atoms with Gasteiger partial charge in [0.2, 0.25) is 5.91 Å². The molecular weight excluding hydrogens is 1100 g/mol. The number of carbonyl (C=O) groups is 2. The number of hydrogen-bond donors (Lipinski definition) is 2. The molecule has 0 saturated carbocycles. The third kappa shape index (κ3) is 66.4. The molecule has 0 fully saturated rings. The standard InChI is InChI=1S/C77H133N2O7P/c1-7-10-13-16-19-22-25-27-29-31-33-35-37-38-39-40-42-44-46-48-50-52-55-58-61-64-67-70-77(81)86-75(68-65-62-59-56-53-24-21-18-15-12-9-3)74(73-85-87(82,83)84-72-71-79(4,5)6)78-76(80)69-66-63-60-57-54-51-49-47-45-43-41-36-34-32-30-28-26-23-20-17-14-11-8-2/h10-11,13-14,19-20,22-23,27-30,33-36,38-39,43,45,65,68,74-75H,7-9,12,15-18,21,24-26,31-32,37,40-42,44,46-64,66-67,69-73H2,1-6H3,(H-,78,80,82,83)/p+1/b13-10-,14-11-,22-19-,23-20-,29-27-,30-28-,35-33-,36-34-,39-38-,45-43-,68-65+. The normalized spacial score (nSPS) is 14.3. The number of rotatable bonds is 63. The lowest BCUT2D eigenvalue weighted by Gasteiger charge is -2.27. The van der Waals surface area contributed by atoms with Crippen LogP contribution < -0.4 is 5.32 Å². The van der Waals surface area contributed by atoms with Gasteiger partial charge in [-0.25, -0.2) is 4.57 Å². The van der Waals surface area contributed by atoms with E-state index >= 15 is 0 Å². The van der Waals surface area contributed by atoms with Gasteiger partial charge in [0.15, 0.2) is 0 Å². The molecule has 498 valence electrons. The largest absolute Gasteiger partial charge is 0.472 e. The molecule has 0 spiro atoms. The van der Waals surface area contributed by atoms with Crippen LogP contribution in [0, 0.1) is 0 Å². The van der Waals surface area contributed by atoms with Crippen molar-refractivity contribution in [2.24, 2.45) is 0 Å². The maximum absolute atomic E-state index is 13.6. The Labute approximate surface area is 536 Å². The number of phosphoric ester groups is 1. The molecule has 1 amide bonds. The molecule has 9 nitrogen and oxygen atoms in total. The molecule has 0 aliphatic carbocycles. The van der Waals surface area contributed by atoms with Crippen LogP contribution in [0.15, 0.2) is 134 Å². The van der Waals surface area contributed by atoms with Crippen molar-refractivity contribution in [2.45, 2.75) is 303 Å². The summed E-state index contributed by atoms with van der Waals surface area (Å²) in [6.07, 6.45) is 93.2. The van der Waals surface area contributed by atoms with Crippen molar-refractivity contribution in [2.75, 3.05) is 40.9 Å². The number of quaternary nitrogens is 1. The molecule has 0 radical (unpaired) electrons. The number of carbonyl (C=O) groups excluding carboxylic acids is 2. The lowest BCUT2D eigenvalue weighted by atomic mass is 10.0. The molecular formula is C77H134N2O7P+. The molecule has 0 aliphatic rings. The topological polar surface area (TPSA) is 111 Å². The number of nitrogens with zero attached hydrogens (tertiary/aromatic N) is 1. The number of amides is 1. The first kappa shape index (κ1) is 83.2. The van der Waals surface area contributed by atoms with Crippen LogP contribution in [0.3, 0.4) is 0 Å². The number of esters is 1. The fraction of sp³-hybridized carbons (Fsp3) is 0.688. The first-order valence-electron chi connectivity index (χ1n) is 35.5. The zero-order chi connectivity index (χ0) is 63.5. The van der Waals surface area contributed by atoms with Crippen molar-refractivity contribution in [3.63, 3.8) is 0 Å². The van der Waals surface area contributed by atoms with E-state index < -0.39 is 20.0 Å². The number of phosphoric acid groups is 1. The molecule has 10 heteroatoms. The van der Waals surface area contributed by atoms with E-state index in [9.17, 15) is 19.0 Å². The summed E-state index contributed by atoms with van der Waals surface area (Å²) in [5, 5.41) is 3.06. The molecule has 3 unspecified atom stereocenters. The minimum absolute atomic E-state index is 0.0309. The van der Waals surface area contributed by atoms with E-state index in [1.165, 1.54) is 122 Å². The average molecular weight is 1230 g/mol. The Hall–Kier alpha value is -3.85. The maximum Gasteiger partial charge on any atom is 0.472 e. The Balaban J connectivity index is 5.06. The second kappa shape index (κ2) is 65.1. The summed E-state index contributed by atoms with van der Waals surface area (Å²) < 4.78 is 30.8. The van der Waals surface area contributed by atoms with E-state index in [0.29, 0.717) is 17.4 Å². The minimum atomic E-state index is -4.47. The Kier molecular flexibility index (Phi) is 62.2. The number of allylic oxidation sites excluding steroid dienone is 21. The summed E-state index contributed by atoms with van der Waals surface area (Å²) in [5.41, 5.74) is 0. The summed E-state index contributed by atoms with van der Waals surface area (Å²) in [5.74, 6) is -0.525. The SMILES string of the molecule is CC/C=C\C/C=C\C/C=C\C/C=C\C/C=C\CCCCCCCCCCCCCC(=O)OC(/C=C/CCCCCCCCCCC)C(COP(=O)(O)OCC[N+](C)(C)C)NC(=O)CCCCCCCCC/C=C\C/C=C\C/C=C\C/C=C\C/C=C\CC. The maximum atomic E-state index is 13.6. The van der Waals surface area contributed by atoms with Crippen LogP contribution >= 0.6 is 7.82 Å². The van der Waals surface area contributed by atoms with Crippen LogP contribution in [0.25, 0.3) is 0 Å². The predicted octanol–water partition coefficient (Wildman–Crippen LogP) is 22.8. The fourth-order valence-electron chi connectivity index (χ4n) is 9.70. The van der Waals surface area contributed by atoms with Gasteiger partial charge in [0.05, 0.1) is 33.8 Å². The van der Waals surface area contributed by atoms with E-state index in [4.69, 9.17) is 13.8 Å². The van der Waals surface area contributed by atoms with Gasteiger partial charge in [0.25, 0.3) is 0 Å². The lowest BCUT2D eigenvalue weighted by molar-refractivity contribution is -0.870. The number of ether oxygens (including phenoxy) is 1. The van der Waals surface area contributed by atoms with Crippen LogP contribution in [0.4, 0.5) is 0 Å². The van der Waals surface area contributed by atoms with Crippen molar-refractivity contribution < 1.29 is 37.3 Å². The fourth-order valence-corrected chi connectivity index (χ4v) is 10.4. The van der Waals surface area contributed by atoms with Gasteiger partial charge in [-0.15, -0.1) is 0 Å². The Morgan fingerprint density at radius 2 is 0.736 bits per heavy atom. The molecule has 0 heterocycles. The third-order valence-electron chi connectivity index (χ3n) is 15.1. The summed E-state index contributed by atoms with van der Waals surface area (Å²) in [6.45, 7) is 6.77. The highest BCUT2D eigenvalue weighted by atomic mass is 31.2. The van der Waals surface area contributed by atoms with Gasteiger partial charge in [-0.3, -0.25) is 18.6 Å². The predicted molar refractivity (Wildman–Crippen MR) is 378 cm³/mol. The summed E-state index contributed by atoms with van der Waals surface area (Å²) in [4.78, 5) is 37.9. The average Bonchev–Trinajstić information content (AvgIpc) is 3.70. The first-order chi connectivity index (χ1) is 42.4. The van der Waals surface area contributed by atoms with E-state index in [2.05, 4.69) is 148 Å².